The summed E-state index contributed by atoms with van der Waals surface area (Å²) in [4.78, 5) is 2.02. The lowest BCUT2D eigenvalue weighted by Gasteiger charge is -2.12. The Kier molecular flexibility index (Phi) is 3.63. The molecule has 3 nitrogen and oxygen atoms in total. The lowest BCUT2D eigenvalue weighted by atomic mass is 10.2. The first kappa shape index (κ1) is 11.6. The lowest BCUT2D eigenvalue weighted by molar-refractivity contribution is 0.209. The van der Waals surface area contributed by atoms with Gasteiger partial charge < -0.3 is 9.52 Å². The summed E-state index contributed by atoms with van der Waals surface area (Å²) in [5, 5.41) is 9.92. The molecule has 2 aromatic rings. The van der Waals surface area contributed by atoms with Crippen LogP contribution in [0.15, 0.2) is 33.2 Å². The fourth-order valence-corrected chi connectivity index (χ4v) is 2.14. The third-order valence-electron chi connectivity index (χ3n) is 2.45. The number of nitrogens with zero attached hydrogens (tertiary/aromatic N) is 1. The Balaban J connectivity index is 2.23. The SMILES string of the molecule is CN(CCO)Cc1cc2cccc(Br)c2o1. The second kappa shape index (κ2) is 4.99. The van der Waals surface area contributed by atoms with Gasteiger partial charge in [-0.05, 0) is 35.1 Å². The van der Waals surface area contributed by atoms with Crippen LogP contribution in [-0.4, -0.2) is 30.2 Å². The fourth-order valence-electron chi connectivity index (χ4n) is 1.67. The van der Waals surface area contributed by atoms with Gasteiger partial charge in [-0.1, -0.05) is 12.1 Å². The number of aliphatic hydroxyl groups excluding tert-OH is 1. The first-order chi connectivity index (χ1) is 7.70. The predicted molar refractivity (Wildman–Crippen MR) is 67.3 cm³/mol. The molecule has 4 heteroatoms. The molecule has 0 amide bonds. The van der Waals surface area contributed by atoms with E-state index in [-0.39, 0.29) is 6.61 Å². The molecule has 0 aliphatic heterocycles. The Labute approximate surface area is 103 Å². The van der Waals surface area contributed by atoms with Gasteiger partial charge in [-0.15, -0.1) is 0 Å². The maximum absolute atomic E-state index is 8.82. The third kappa shape index (κ3) is 2.45. The van der Waals surface area contributed by atoms with Gasteiger partial charge in [0.15, 0.2) is 0 Å². The Hall–Kier alpha value is -0.840. The number of rotatable bonds is 4. The van der Waals surface area contributed by atoms with E-state index in [0.29, 0.717) is 13.1 Å². The predicted octanol–water partition coefficient (Wildman–Crippen LogP) is 2.62. The molecule has 0 unspecified atom stereocenters. The zero-order valence-electron chi connectivity index (χ0n) is 9.11. The van der Waals surface area contributed by atoms with Crippen LogP contribution in [0.5, 0.6) is 0 Å². The molecule has 1 N–H and O–H groups in total. The van der Waals surface area contributed by atoms with Crippen LogP contribution in [0.2, 0.25) is 0 Å². The van der Waals surface area contributed by atoms with Crippen molar-refractivity contribution in [2.75, 3.05) is 20.2 Å². The zero-order chi connectivity index (χ0) is 11.5. The standard InChI is InChI=1S/C12H14BrNO2/c1-14(5-6-15)8-10-7-9-3-2-4-11(13)12(9)16-10/h2-4,7,15H,5-6,8H2,1H3. The van der Waals surface area contributed by atoms with Crippen molar-refractivity contribution in [1.29, 1.82) is 0 Å². The van der Waals surface area contributed by atoms with E-state index in [0.717, 1.165) is 21.2 Å². The van der Waals surface area contributed by atoms with E-state index in [2.05, 4.69) is 15.9 Å². The van der Waals surface area contributed by atoms with Crippen molar-refractivity contribution in [3.63, 3.8) is 0 Å². The van der Waals surface area contributed by atoms with E-state index in [9.17, 15) is 0 Å². The molecule has 1 heterocycles. The van der Waals surface area contributed by atoms with E-state index in [1.807, 2.05) is 36.2 Å². The summed E-state index contributed by atoms with van der Waals surface area (Å²) in [6.45, 7) is 1.53. The van der Waals surface area contributed by atoms with Gasteiger partial charge in [-0.3, -0.25) is 4.90 Å². The van der Waals surface area contributed by atoms with Crippen LogP contribution >= 0.6 is 15.9 Å². The number of fused-ring (bicyclic) bond motifs is 1. The molecule has 0 saturated heterocycles. The van der Waals surface area contributed by atoms with E-state index < -0.39 is 0 Å². The molecule has 0 bridgehead atoms. The number of furan rings is 1. The lowest BCUT2D eigenvalue weighted by Crippen LogP contribution is -2.21. The average molecular weight is 284 g/mol. The van der Waals surface area contributed by atoms with Crippen LogP contribution in [0, 0.1) is 0 Å². The molecule has 0 atom stereocenters. The molecular weight excluding hydrogens is 270 g/mol. The van der Waals surface area contributed by atoms with Crippen molar-refractivity contribution in [3.05, 3.63) is 34.5 Å². The molecule has 0 spiro atoms. The highest BCUT2D eigenvalue weighted by atomic mass is 79.9. The van der Waals surface area contributed by atoms with E-state index >= 15 is 0 Å². The van der Waals surface area contributed by atoms with Gasteiger partial charge in [0.05, 0.1) is 17.6 Å². The molecular formula is C12H14BrNO2. The number of hydrogen-bond acceptors (Lipinski definition) is 3. The molecule has 0 aliphatic carbocycles. The van der Waals surface area contributed by atoms with Crippen LogP contribution < -0.4 is 0 Å². The van der Waals surface area contributed by atoms with Gasteiger partial charge >= 0.3 is 0 Å². The average Bonchev–Trinajstić information content (AvgIpc) is 2.62. The minimum atomic E-state index is 0.167. The van der Waals surface area contributed by atoms with E-state index in [1.165, 1.54) is 0 Å². The molecule has 86 valence electrons. The molecule has 0 aliphatic rings. The number of halogens is 1. The summed E-state index contributed by atoms with van der Waals surface area (Å²) in [6.07, 6.45) is 0. The van der Waals surface area contributed by atoms with Crippen LogP contribution in [0.3, 0.4) is 0 Å². The van der Waals surface area contributed by atoms with Gasteiger partial charge in [-0.25, -0.2) is 0 Å². The minimum absolute atomic E-state index is 0.167. The Bertz CT molecular complexity index is 481. The summed E-state index contributed by atoms with van der Waals surface area (Å²) in [7, 11) is 1.96. The number of aliphatic hydroxyl groups is 1. The highest BCUT2D eigenvalue weighted by molar-refractivity contribution is 9.10. The quantitative estimate of drug-likeness (QED) is 0.937. The highest BCUT2D eigenvalue weighted by Crippen LogP contribution is 2.27. The van der Waals surface area contributed by atoms with E-state index in [1.54, 1.807) is 0 Å². The fraction of sp³-hybridized carbons (Fsp3) is 0.333. The minimum Gasteiger partial charge on any atom is -0.459 e. The van der Waals surface area contributed by atoms with Crippen molar-refractivity contribution in [1.82, 2.24) is 4.90 Å². The van der Waals surface area contributed by atoms with Gasteiger partial charge in [-0.2, -0.15) is 0 Å². The number of hydrogen-bond donors (Lipinski definition) is 1. The third-order valence-corrected chi connectivity index (χ3v) is 3.08. The Morgan fingerprint density at radius 1 is 1.44 bits per heavy atom. The van der Waals surface area contributed by atoms with Crippen molar-refractivity contribution < 1.29 is 9.52 Å². The number of benzene rings is 1. The highest BCUT2D eigenvalue weighted by Gasteiger charge is 2.08. The van der Waals surface area contributed by atoms with Crippen LogP contribution in [-0.2, 0) is 6.54 Å². The molecule has 0 saturated carbocycles. The first-order valence-corrected chi connectivity index (χ1v) is 5.96. The Morgan fingerprint density at radius 2 is 2.25 bits per heavy atom. The maximum atomic E-state index is 8.82. The topological polar surface area (TPSA) is 36.6 Å². The van der Waals surface area contributed by atoms with Crippen molar-refractivity contribution in [2.45, 2.75) is 6.54 Å². The van der Waals surface area contributed by atoms with Crippen LogP contribution in [0.25, 0.3) is 11.0 Å². The second-order valence-corrected chi connectivity index (χ2v) is 4.69. The van der Waals surface area contributed by atoms with Crippen molar-refractivity contribution in [3.8, 4) is 0 Å². The molecule has 16 heavy (non-hydrogen) atoms. The summed E-state index contributed by atoms with van der Waals surface area (Å²) in [6, 6.07) is 8.02. The Morgan fingerprint density at radius 3 is 2.94 bits per heavy atom. The van der Waals surface area contributed by atoms with Gasteiger partial charge in [0.1, 0.15) is 11.3 Å². The smallest absolute Gasteiger partial charge is 0.148 e. The van der Waals surface area contributed by atoms with Gasteiger partial charge in [0.2, 0.25) is 0 Å². The van der Waals surface area contributed by atoms with E-state index in [4.69, 9.17) is 9.52 Å². The summed E-state index contributed by atoms with van der Waals surface area (Å²) >= 11 is 3.46. The summed E-state index contributed by atoms with van der Waals surface area (Å²) in [5.41, 5.74) is 0.884. The van der Waals surface area contributed by atoms with Crippen LogP contribution in [0.4, 0.5) is 0 Å². The monoisotopic (exact) mass is 283 g/mol. The van der Waals surface area contributed by atoms with Crippen LogP contribution in [0.1, 0.15) is 5.76 Å². The van der Waals surface area contributed by atoms with Crippen molar-refractivity contribution >= 4 is 26.9 Å². The first-order valence-electron chi connectivity index (χ1n) is 5.17. The molecule has 2 rings (SSSR count). The summed E-state index contributed by atoms with van der Waals surface area (Å²) in [5.74, 6) is 0.915. The zero-order valence-corrected chi connectivity index (χ0v) is 10.7. The normalized spacial score (nSPS) is 11.5. The number of para-hydroxylation sites is 1. The molecule has 1 aromatic heterocycles. The molecule has 1 aromatic carbocycles. The van der Waals surface area contributed by atoms with Gasteiger partial charge in [0.25, 0.3) is 0 Å². The summed E-state index contributed by atoms with van der Waals surface area (Å²) < 4.78 is 6.72. The number of likely N-dealkylation sites (N-methyl/N-ethyl adjacent to an activating group) is 1. The van der Waals surface area contributed by atoms with Crippen molar-refractivity contribution in [2.24, 2.45) is 0 Å². The van der Waals surface area contributed by atoms with Gasteiger partial charge in [0, 0.05) is 11.9 Å². The molecule has 0 radical (unpaired) electrons. The maximum Gasteiger partial charge on any atom is 0.148 e. The largest absolute Gasteiger partial charge is 0.459 e. The molecule has 0 fully saturated rings. The second-order valence-electron chi connectivity index (χ2n) is 3.83.